The lowest BCUT2D eigenvalue weighted by Crippen LogP contribution is -2.37. The van der Waals surface area contributed by atoms with E-state index in [1.807, 2.05) is 12.1 Å². The van der Waals surface area contributed by atoms with Crippen LogP contribution in [0.15, 0.2) is 18.2 Å². The van der Waals surface area contributed by atoms with Crippen LogP contribution in [0, 0.1) is 0 Å². The van der Waals surface area contributed by atoms with Gasteiger partial charge in [-0.25, -0.2) is 0 Å². The molecule has 1 unspecified atom stereocenters. The molecule has 2 aliphatic rings. The second-order valence-electron chi connectivity index (χ2n) is 6.39. The van der Waals surface area contributed by atoms with E-state index in [0.717, 1.165) is 11.8 Å². The lowest BCUT2D eigenvalue weighted by atomic mass is 9.79. The molecule has 0 bridgehead atoms. The minimum atomic E-state index is -0.542. The Morgan fingerprint density at radius 2 is 2.22 bits per heavy atom. The van der Waals surface area contributed by atoms with Crippen LogP contribution in [-0.2, 0) is 16.1 Å². The van der Waals surface area contributed by atoms with Crippen LogP contribution in [0.4, 0.5) is 0 Å². The fraction of sp³-hybridized carbons (Fsp3) is 0.500. The van der Waals surface area contributed by atoms with Crippen molar-refractivity contribution >= 4 is 18.1 Å². The first-order valence-corrected chi connectivity index (χ1v) is 8.23. The number of fused-ring (bicyclic) bond motifs is 1. The van der Waals surface area contributed by atoms with Gasteiger partial charge in [0.05, 0.1) is 6.04 Å². The maximum absolute atomic E-state index is 12.5. The van der Waals surface area contributed by atoms with Gasteiger partial charge in [0.1, 0.15) is 6.29 Å². The van der Waals surface area contributed by atoms with Crippen molar-refractivity contribution in [1.29, 1.82) is 0 Å². The van der Waals surface area contributed by atoms with Crippen LogP contribution >= 0.6 is 0 Å². The summed E-state index contributed by atoms with van der Waals surface area (Å²) in [5.74, 6) is 0.405. The van der Waals surface area contributed by atoms with Crippen molar-refractivity contribution in [3.63, 3.8) is 0 Å². The number of hydrogen-bond acceptors (Lipinski definition) is 3. The lowest BCUT2D eigenvalue weighted by Gasteiger charge is -2.26. The summed E-state index contributed by atoms with van der Waals surface area (Å²) in [7, 11) is 1.57. The van der Waals surface area contributed by atoms with Crippen LogP contribution < -0.4 is 5.32 Å². The Morgan fingerprint density at radius 3 is 2.83 bits per heavy atom. The van der Waals surface area contributed by atoms with Gasteiger partial charge >= 0.3 is 0 Å². The molecular formula is C18H22N2O3. The van der Waals surface area contributed by atoms with Gasteiger partial charge in [-0.3, -0.25) is 9.59 Å². The van der Waals surface area contributed by atoms with Crippen molar-refractivity contribution in [3.05, 3.63) is 34.9 Å². The minimum absolute atomic E-state index is 0.103. The summed E-state index contributed by atoms with van der Waals surface area (Å²) in [6.45, 7) is 0.464. The Kier molecular flexibility index (Phi) is 4.46. The highest BCUT2D eigenvalue weighted by molar-refractivity contribution is 5.99. The van der Waals surface area contributed by atoms with Crippen molar-refractivity contribution in [1.82, 2.24) is 10.2 Å². The van der Waals surface area contributed by atoms with Crippen LogP contribution in [0.2, 0.25) is 0 Å². The van der Waals surface area contributed by atoms with Gasteiger partial charge in [0.25, 0.3) is 5.91 Å². The lowest BCUT2D eigenvalue weighted by molar-refractivity contribution is -0.121. The second-order valence-corrected chi connectivity index (χ2v) is 6.39. The zero-order valence-corrected chi connectivity index (χ0v) is 13.4. The molecule has 0 radical (unpaired) electrons. The highest BCUT2D eigenvalue weighted by Gasteiger charge is 2.33. The van der Waals surface area contributed by atoms with Crippen molar-refractivity contribution < 1.29 is 14.4 Å². The number of carbonyl (C=O) groups excluding carboxylic acids is 3. The van der Waals surface area contributed by atoms with Crippen LogP contribution in [-0.4, -0.2) is 36.1 Å². The van der Waals surface area contributed by atoms with E-state index in [1.54, 1.807) is 11.9 Å². The molecule has 0 saturated heterocycles. The van der Waals surface area contributed by atoms with E-state index >= 15 is 0 Å². The van der Waals surface area contributed by atoms with E-state index in [9.17, 15) is 14.4 Å². The van der Waals surface area contributed by atoms with Gasteiger partial charge in [-0.1, -0.05) is 18.6 Å². The number of carbonyl (C=O) groups is 3. The average molecular weight is 314 g/mol. The van der Waals surface area contributed by atoms with Gasteiger partial charge in [0.2, 0.25) is 5.91 Å². The minimum Gasteiger partial charge on any atom is -0.359 e. The molecule has 1 heterocycles. The molecule has 2 amide bonds. The zero-order chi connectivity index (χ0) is 16.4. The molecule has 1 fully saturated rings. The molecule has 1 aromatic carbocycles. The van der Waals surface area contributed by atoms with E-state index in [-0.39, 0.29) is 18.2 Å². The highest BCUT2D eigenvalue weighted by atomic mass is 16.2. The van der Waals surface area contributed by atoms with Crippen molar-refractivity contribution in [3.8, 4) is 0 Å². The van der Waals surface area contributed by atoms with Crippen LogP contribution in [0.25, 0.3) is 0 Å². The number of rotatable bonds is 6. The summed E-state index contributed by atoms with van der Waals surface area (Å²) < 4.78 is 0. The van der Waals surface area contributed by atoms with Crippen LogP contribution in [0.1, 0.15) is 59.5 Å². The van der Waals surface area contributed by atoms with E-state index in [1.165, 1.54) is 24.8 Å². The smallest absolute Gasteiger partial charge is 0.255 e. The molecule has 1 aromatic rings. The third kappa shape index (κ3) is 3.00. The predicted molar refractivity (Wildman–Crippen MR) is 86.1 cm³/mol. The topological polar surface area (TPSA) is 66.5 Å². The Bertz CT molecular complexity index is 637. The Morgan fingerprint density at radius 1 is 1.43 bits per heavy atom. The SMILES string of the molecule is CNC(=O)CCC(C=O)N1Cc2cc(C3CCC3)ccc2C1=O. The van der Waals surface area contributed by atoms with Crippen LogP contribution in [0.5, 0.6) is 0 Å². The summed E-state index contributed by atoms with van der Waals surface area (Å²) in [4.78, 5) is 36.9. The monoisotopic (exact) mass is 314 g/mol. The van der Waals surface area contributed by atoms with E-state index < -0.39 is 6.04 Å². The molecule has 0 spiro atoms. The number of aldehydes is 1. The van der Waals surface area contributed by atoms with Gasteiger partial charge in [-0.15, -0.1) is 0 Å². The standard InChI is InChI=1S/C18H22N2O3/c1-19-17(22)8-6-15(11-21)20-10-14-9-13(12-3-2-4-12)5-7-16(14)18(20)23/h5,7,9,11-12,15H,2-4,6,8,10H2,1H3,(H,19,22). The number of nitrogens with zero attached hydrogens (tertiary/aromatic N) is 1. The van der Waals surface area contributed by atoms with Crippen molar-refractivity contribution in [2.75, 3.05) is 7.05 Å². The fourth-order valence-corrected chi connectivity index (χ4v) is 3.33. The largest absolute Gasteiger partial charge is 0.359 e. The van der Waals surface area contributed by atoms with E-state index in [4.69, 9.17) is 0 Å². The molecule has 5 nitrogen and oxygen atoms in total. The first-order chi connectivity index (χ1) is 11.1. The summed E-state index contributed by atoms with van der Waals surface area (Å²) >= 11 is 0. The molecule has 23 heavy (non-hydrogen) atoms. The van der Waals surface area contributed by atoms with Crippen LogP contribution in [0.3, 0.4) is 0 Å². The highest BCUT2D eigenvalue weighted by Crippen LogP contribution is 2.38. The fourth-order valence-electron chi connectivity index (χ4n) is 3.33. The Hall–Kier alpha value is -2.17. The molecule has 0 aromatic heterocycles. The second kappa shape index (κ2) is 6.52. The molecule has 1 atom stereocenters. The third-order valence-electron chi connectivity index (χ3n) is 5.04. The summed E-state index contributed by atoms with van der Waals surface area (Å²) in [6.07, 6.45) is 5.10. The average Bonchev–Trinajstić information content (AvgIpc) is 2.83. The molecular weight excluding hydrogens is 292 g/mol. The molecule has 1 aliphatic heterocycles. The normalized spacial score (nSPS) is 18.3. The molecule has 3 rings (SSSR count). The Labute approximate surface area is 136 Å². The Balaban J connectivity index is 1.73. The van der Waals surface area contributed by atoms with Crippen molar-refractivity contribution in [2.24, 2.45) is 0 Å². The molecule has 1 N–H and O–H groups in total. The summed E-state index contributed by atoms with van der Waals surface area (Å²) in [5.41, 5.74) is 3.00. The van der Waals surface area contributed by atoms with Gasteiger partial charge in [-0.2, -0.15) is 0 Å². The van der Waals surface area contributed by atoms with Crippen molar-refractivity contribution in [2.45, 2.75) is 50.6 Å². The first-order valence-electron chi connectivity index (χ1n) is 8.23. The van der Waals surface area contributed by atoms with Gasteiger partial charge in [0, 0.05) is 25.6 Å². The first kappa shape index (κ1) is 15.7. The quantitative estimate of drug-likeness (QED) is 0.817. The molecule has 122 valence electrons. The summed E-state index contributed by atoms with van der Waals surface area (Å²) in [6, 6.07) is 5.52. The maximum Gasteiger partial charge on any atom is 0.255 e. The van der Waals surface area contributed by atoms with E-state index in [2.05, 4.69) is 11.4 Å². The zero-order valence-electron chi connectivity index (χ0n) is 13.4. The number of nitrogens with one attached hydrogen (secondary N) is 1. The summed E-state index contributed by atoms with van der Waals surface area (Å²) in [5, 5.41) is 2.54. The molecule has 5 heteroatoms. The maximum atomic E-state index is 12.5. The van der Waals surface area contributed by atoms with Gasteiger partial charge < -0.3 is 15.0 Å². The third-order valence-corrected chi connectivity index (χ3v) is 5.04. The predicted octanol–water partition coefficient (Wildman–Crippen LogP) is 2.00. The molecule has 1 aliphatic carbocycles. The van der Waals surface area contributed by atoms with Gasteiger partial charge in [-0.05, 0) is 42.4 Å². The number of amides is 2. The number of hydrogen-bond donors (Lipinski definition) is 1. The molecule has 1 saturated carbocycles. The number of benzene rings is 1. The van der Waals surface area contributed by atoms with E-state index in [0.29, 0.717) is 24.4 Å². The van der Waals surface area contributed by atoms with Gasteiger partial charge in [0.15, 0.2) is 0 Å².